The van der Waals surface area contributed by atoms with Gasteiger partial charge in [-0.05, 0) is 12.0 Å². The largest absolute Gasteiger partial charge is 0.445 e. The molecule has 1 unspecified atom stereocenters. The number of alkyl carbamates (subject to hydrolysis) is 1. The molecule has 0 spiro atoms. The summed E-state index contributed by atoms with van der Waals surface area (Å²) in [6, 6.07) is 9.54. The Hall–Kier alpha value is -1.59. The Labute approximate surface area is 107 Å². The molecule has 0 aliphatic heterocycles. The molecular formula is C13H20N2O3. The summed E-state index contributed by atoms with van der Waals surface area (Å²) in [6.07, 6.45) is 0.220. The molecule has 5 heteroatoms. The Bertz CT molecular complexity index is 339. The molecule has 0 saturated heterocycles. The van der Waals surface area contributed by atoms with Crippen LogP contribution in [0.1, 0.15) is 12.0 Å². The molecular weight excluding hydrogens is 232 g/mol. The van der Waals surface area contributed by atoms with Gasteiger partial charge in [0.25, 0.3) is 0 Å². The van der Waals surface area contributed by atoms with E-state index in [0.717, 1.165) is 5.56 Å². The third-order valence-corrected chi connectivity index (χ3v) is 2.54. The van der Waals surface area contributed by atoms with Crippen molar-refractivity contribution in [1.82, 2.24) is 5.32 Å². The van der Waals surface area contributed by atoms with Crippen LogP contribution in [0.25, 0.3) is 0 Å². The van der Waals surface area contributed by atoms with Crippen LogP contribution >= 0.6 is 0 Å². The van der Waals surface area contributed by atoms with E-state index in [-0.39, 0.29) is 12.7 Å². The lowest BCUT2D eigenvalue weighted by Crippen LogP contribution is -2.31. The number of carbonyl (C=O) groups is 1. The van der Waals surface area contributed by atoms with Crippen LogP contribution in [0.15, 0.2) is 30.3 Å². The number of amides is 1. The molecule has 0 bridgehead atoms. The summed E-state index contributed by atoms with van der Waals surface area (Å²) >= 11 is 0. The molecule has 1 atom stereocenters. The minimum Gasteiger partial charge on any atom is -0.445 e. The molecule has 100 valence electrons. The predicted molar refractivity (Wildman–Crippen MR) is 69.1 cm³/mol. The molecule has 5 nitrogen and oxygen atoms in total. The van der Waals surface area contributed by atoms with Gasteiger partial charge >= 0.3 is 6.09 Å². The number of hydrogen-bond donors (Lipinski definition) is 2. The van der Waals surface area contributed by atoms with Crippen molar-refractivity contribution < 1.29 is 14.3 Å². The van der Waals surface area contributed by atoms with E-state index in [1.54, 1.807) is 7.11 Å². The van der Waals surface area contributed by atoms with E-state index in [0.29, 0.717) is 19.5 Å². The summed E-state index contributed by atoms with van der Waals surface area (Å²) in [5.41, 5.74) is 6.43. The normalized spacial score (nSPS) is 11.9. The average molecular weight is 252 g/mol. The highest BCUT2D eigenvalue weighted by Crippen LogP contribution is 2.00. The topological polar surface area (TPSA) is 73.6 Å². The van der Waals surface area contributed by atoms with E-state index < -0.39 is 6.09 Å². The van der Waals surface area contributed by atoms with Crippen molar-refractivity contribution in [2.75, 3.05) is 20.2 Å². The van der Waals surface area contributed by atoms with Gasteiger partial charge in [-0.2, -0.15) is 0 Å². The first-order valence-corrected chi connectivity index (χ1v) is 5.93. The van der Waals surface area contributed by atoms with E-state index in [9.17, 15) is 4.79 Å². The standard InChI is InChI=1S/C13H20N2O3/c1-17-12(9-14)7-8-15-13(16)18-10-11-5-3-2-4-6-11/h2-6,12H,7-10,14H2,1H3,(H,15,16). The maximum absolute atomic E-state index is 11.4. The summed E-state index contributed by atoms with van der Waals surface area (Å²) in [4.78, 5) is 11.4. The number of carbonyl (C=O) groups excluding carboxylic acids is 1. The zero-order valence-corrected chi connectivity index (χ0v) is 10.6. The quantitative estimate of drug-likeness (QED) is 0.766. The summed E-state index contributed by atoms with van der Waals surface area (Å²) < 4.78 is 10.1. The number of nitrogens with one attached hydrogen (secondary N) is 1. The predicted octanol–water partition coefficient (Wildman–Crippen LogP) is 1.28. The van der Waals surface area contributed by atoms with Crippen LogP contribution in [0.4, 0.5) is 4.79 Å². The van der Waals surface area contributed by atoms with Gasteiger partial charge in [0.1, 0.15) is 6.61 Å². The lowest BCUT2D eigenvalue weighted by Gasteiger charge is -2.13. The molecule has 0 radical (unpaired) electrons. The maximum Gasteiger partial charge on any atom is 0.407 e. The first kappa shape index (κ1) is 14.5. The van der Waals surface area contributed by atoms with Gasteiger partial charge in [-0.1, -0.05) is 30.3 Å². The van der Waals surface area contributed by atoms with Crippen molar-refractivity contribution in [3.63, 3.8) is 0 Å². The van der Waals surface area contributed by atoms with Gasteiger partial charge in [0.05, 0.1) is 6.10 Å². The average Bonchev–Trinajstić information content (AvgIpc) is 2.42. The van der Waals surface area contributed by atoms with E-state index in [1.807, 2.05) is 30.3 Å². The number of rotatable bonds is 7. The fourth-order valence-electron chi connectivity index (χ4n) is 1.44. The molecule has 0 saturated carbocycles. The number of benzene rings is 1. The third-order valence-electron chi connectivity index (χ3n) is 2.54. The summed E-state index contributed by atoms with van der Waals surface area (Å²) in [5, 5.41) is 2.66. The molecule has 0 aromatic heterocycles. The first-order valence-electron chi connectivity index (χ1n) is 5.93. The second-order valence-electron chi connectivity index (χ2n) is 3.87. The van der Waals surface area contributed by atoms with E-state index >= 15 is 0 Å². The number of methoxy groups -OCH3 is 1. The minimum atomic E-state index is -0.425. The molecule has 1 aromatic carbocycles. The molecule has 0 aliphatic rings. The Balaban J connectivity index is 2.14. The van der Waals surface area contributed by atoms with Crippen LogP contribution in [0.5, 0.6) is 0 Å². The fourth-order valence-corrected chi connectivity index (χ4v) is 1.44. The van der Waals surface area contributed by atoms with Gasteiger partial charge in [-0.25, -0.2) is 4.79 Å². The first-order chi connectivity index (χ1) is 8.76. The van der Waals surface area contributed by atoms with Crippen molar-refractivity contribution in [1.29, 1.82) is 0 Å². The van der Waals surface area contributed by atoms with Crippen LogP contribution in [0.2, 0.25) is 0 Å². The lowest BCUT2D eigenvalue weighted by molar-refractivity contribution is 0.0993. The molecule has 3 N–H and O–H groups in total. The summed E-state index contributed by atoms with van der Waals surface area (Å²) in [5.74, 6) is 0. The van der Waals surface area contributed by atoms with E-state index in [2.05, 4.69) is 5.32 Å². The zero-order chi connectivity index (χ0) is 13.2. The highest BCUT2D eigenvalue weighted by Gasteiger charge is 2.06. The Morgan fingerprint density at radius 2 is 2.11 bits per heavy atom. The van der Waals surface area contributed by atoms with Gasteiger partial charge in [-0.3, -0.25) is 0 Å². The van der Waals surface area contributed by atoms with Gasteiger partial charge < -0.3 is 20.5 Å². The highest BCUT2D eigenvalue weighted by atomic mass is 16.5. The minimum absolute atomic E-state index is 0.0283. The highest BCUT2D eigenvalue weighted by molar-refractivity contribution is 5.67. The SMILES string of the molecule is COC(CN)CCNC(=O)OCc1ccccc1. The molecule has 0 heterocycles. The molecule has 0 aliphatic carbocycles. The molecule has 1 amide bonds. The van der Waals surface area contributed by atoms with Crippen molar-refractivity contribution in [3.05, 3.63) is 35.9 Å². The number of nitrogens with two attached hydrogens (primary N) is 1. The molecule has 1 aromatic rings. The smallest absolute Gasteiger partial charge is 0.407 e. The van der Waals surface area contributed by atoms with E-state index in [1.165, 1.54) is 0 Å². The van der Waals surface area contributed by atoms with Gasteiger partial charge in [-0.15, -0.1) is 0 Å². The van der Waals surface area contributed by atoms with Crippen LogP contribution in [0.3, 0.4) is 0 Å². The summed E-state index contributed by atoms with van der Waals surface area (Å²) in [7, 11) is 1.60. The van der Waals surface area contributed by atoms with Gasteiger partial charge in [0, 0.05) is 20.2 Å². The summed E-state index contributed by atoms with van der Waals surface area (Å²) in [6.45, 7) is 1.21. The second-order valence-corrected chi connectivity index (χ2v) is 3.87. The third kappa shape index (κ3) is 5.65. The van der Waals surface area contributed by atoms with Crippen LogP contribution in [0, 0.1) is 0 Å². The van der Waals surface area contributed by atoms with Gasteiger partial charge in [0.2, 0.25) is 0 Å². The van der Waals surface area contributed by atoms with Crippen LogP contribution in [-0.2, 0) is 16.1 Å². The van der Waals surface area contributed by atoms with Crippen molar-refractivity contribution >= 4 is 6.09 Å². The monoisotopic (exact) mass is 252 g/mol. The zero-order valence-electron chi connectivity index (χ0n) is 10.6. The van der Waals surface area contributed by atoms with Crippen molar-refractivity contribution in [2.45, 2.75) is 19.1 Å². The molecule has 1 rings (SSSR count). The lowest BCUT2D eigenvalue weighted by atomic mass is 10.2. The molecule has 18 heavy (non-hydrogen) atoms. The molecule has 0 fully saturated rings. The van der Waals surface area contributed by atoms with Crippen molar-refractivity contribution in [3.8, 4) is 0 Å². The van der Waals surface area contributed by atoms with Crippen LogP contribution in [-0.4, -0.2) is 32.4 Å². The van der Waals surface area contributed by atoms with Gasteiger partial charge in [0.15, 0.2) is 0 Å². The number of ether oxygens (including phenoxy) is 2. The van der Waals surface area contributed by atoms with Crippen LogP contribution < -0.4 is 11.1 Å². The second kappa shape index (κ2) is 8.49. The van der Waals surface area contributed by atoms with E-state index in [4.69, 9.17) is 15.2 Å². The number of hydrogen-bond acceptors (Lipinski definition) is 4. The fraction of sp³-hybridized carbons (Fsp3) is 0.462. The Morgan fingerprint density at radius 3 is 2.72 bits per heavy atom. The maximum atomic E-state index is 11.4. The Kier molecular flexibility index (Phi) is 6.83. The van der Waals surface area contributed by atoms with Crippen molar-refractivity contribution in [2.24, 2.45) is 5.73 Å². The Morgan fingerprint density at radius 1 is 1.39 bits per heavy atom.